The summed E-state index contributed by atoms with van der Waals surface area (Å²) in [4.78, 5) is 0. The van der Waals surface area contributed by atoms with Crippen molar-refractivity contribution in [3.8, 4) is 6.07 Å². The Morgan fingerprint density at radius 1 is 1.80 bits per heavy atom. The Kier molecular flexibility index (Phi) is 2.08. The molecule has 1 aromatic rings. The molecule has 0 bridgehead atoms. The first kappa shape index (κ1) is 6.84. The lowest BCUT2D eigenvalue weighted by Gasteiger charge is -1.87. The molecule has 0 aromatic carbocycles. The van der Waals surface area contributed by atoms with Crippen LogP contribution < -0.4 is 5.73 Å². The Hall–Kier alpha value is -1.27. The van der Waals surface area contributed by atoms with Gasteiger partial charge in [-0.15, -0.1) is 0 Å². The largest absolute Gasteiger partial charge is 0.404 e. The molecule has 1 heterocycles. The predicted octanol–water partition coefficient (Wildman–Crippen LogP) is 1.57. The predicted molar refractivity (Wildman–Crippen MR) is 42.1 cm³/mol. The van der Waals surface area contributed by atoms with Crippen molar-refractivity contribution < 1.29 is 0 Å². The third-order valence-corrected chi connectivity index (χ3v) is 1.80. The Morgan fingerprint density at radius 2 is 2.60 bits per heavy atom. The summed E-state index contributed by atoms with van der Waals surface area (Å²) in [6.45, 7) is 0. The number of allylic oxidation sites excluding steroid dienone is 1. The van der Waals surface area contributed by atoms with E-state index in [4.69, 9.17) is 11.0 Å². The highest BCUT2D eigenvalue weighted by molar-refractivity contribution is 7.08. The van der Waals surface area contributed by atoms with Crippen molar-refractivity contribution in [2.24, 2.45) is 5.73 Å². The molecule has 0 saturated carbocycles. The highest BCUT2D eigenvalue weighted by Gasteiger charge is 1.97. The smallest absolute Gasteiger partial charge is 0.101 e. The van der Waals surface area contributed by atoms with Gasteiger partial charge in [0.25, 0.3) is 0 Å². The fourth-order valence-corrected chi connectivity index (χ4v) is 1.27. The number of rotatable bonds is 1. The van der Waals surface area contributed by atoms with E-state index in [0.717, 1.165) is 5.56 Å². The minimum atomic E-state index is 0.529. The van der Waals surface area contributed by atoms with Crippen molar-refractivity contribution in [3.05, 3.63) is 28.6 Å². The number of hydrogen-bond acceptors (Lipinski definition) is 3. The van der Waals surface area contributed by atoms with Gasteiger partial charge in [0.15, 0.2) is 0 Å². The summed E-state index contributed by atoms with van der Waals surface area (Å²) in [6.07, 6.45) is 1.32. The average molecular weight is 150 g/mol. The van der Waals surface area contributed by atoms with Crippen LogP contribution in [0.4, 0.5) is 0 Å². The van der Waals surface area contributed by atoms with Gasteiger partial charge in [-0.2, -0.15) is 16.6 Å². The second kappa shape index (κ2) is 3.04. The zero-order chi connectivity index (χ0) is 7.40. The van der Waals surface area contributed by atoms with E-state index < -0.39 is 0 Å². The van der Waals surface area contributed by atoms with Gasteiger partial charge in [-0.3, -0.25) is 0 Å². The summed E-state index contributed by atoms with van der Waals surface area (Å²) in [5.41, 5.74) is 6.62. The first-order chi connectivity index (χ1) is 4.88. The maximum Gasteiger partial charge on any atom is 0.101 e. The second-order valence-electron chi connectivity index (χ2n) is 1.70. The summed E-state index contributed by atoms with van der Waals surface area (Å²) in [5.74, 6) is 0. The number of nitrogens with two attached hydrogens (primary N) is 1. The maximum atomic E-state index is 8.50. The van der Waals surface area contributed by atoms with Crippen molar-refractivity contribution in [2.45, 2.75) is 0 Å². The Balaban J connectivity index is 2.99. The van der Waals surface area contributed by atoms with Gasteiger partial charge in [0.05, 0.1) is 5.57 Å². The van der Waals surface area contributed by atoms with Crippen LogP contribution in [0.5, 0.6) is 0 Å². The highest BCUT2D eigenvalue weighted by Crippen LogP contribution is 2.14. The van der Waals surface area contributed by atoms with E-state index in [2.05, 4.69) is 0 Å². The van der Waals surface area contributed by atoms with Gasteiger partial charge in [-0.1, -0.05) is 0 Å². The molecule has 2 nitrogen and oxygen atoms in total. The topological polar surface area (TPSA) is 49.8 Å². The highest BCUT2D eigenvalue weighted by atomic mass is 32.1. The van der Waals surface area contributed by atoms with Gasteiger partial charge in [0.2, 0.25) is 0 Å². The van der Waals surface area contributed by atoms with Crippen LogP contribution in [0.2, 0.25) is 0 Å². The average Bonchev–Trinajstić information content (AvgIpc) is 2.43. The molecule has 3 heteroatoms. The molecule has 10 heavy (non-hydrogen) atoms. The molecule has 1 rings (SSSR count). The van der Waals surface area contributed by atoms with E-state index in [1.54, 1.807) is 11.3 Å². The first-order valence-corrected chi connectivity index (χ1v) is 3.67. The Labute approximate surface area is 63.2 Å². The summed E-state index contributed by atoms with van der Waals surface area (Å²) < 4.78 is 0. The molecule has 0 radical (unpaired) electrons. The van der Waals surface area contributed by atoms with Gasteiger partial charge in [0, 0.05) is 11.8 Å². The van der Waals surface area contributed by atoms with E-state index in [0.29, 0.717) is 5.57 Å². The molecular weight excluding hydrogens is 144 g/mol. The monoisotopic (exact) mass is 150 g/mol. The molecule has 0 aliphatic carbocycles. The van der Waals surface area contributed by atoms with Gasteiger partial charge in [-0.25, -0.2) is 0 Å². The summed E-state index contributed by atoms with van der Waals surface area (Å²) in [5, 5.41) is 12.3. The van der Waals surface area contributed by atoms with Gasteiger partial charge in [0.1, 0.15) is 6.07 Å². The van der Waals surface area contributed by atoms with E-state index in [9.17, 15) is 0 Å². The minimum absolute atomic E-state index is 0.529. The van der Waals surface area contributed by atoms with Crippen LogP contribution in [-0.2, 0) is 0 Å². The number of thiophene rings is 1. The van der Waals surface area contributed by atoms with Crippen LogP contribution in [0.25, 0.3) is 5.57 Å². The molecule has 0 amide bonds. The lowest BCUT2D eigenvalue weighted by molar-refractivity contribution is 1.51. The van der Waals surface area contributed by atoms with E-state index in [1.807, 2.05) is 22.9 Å². The Bertz CT molecular complexity index is 266. The fraction of sp³-hybridized carbons (Fsp3) is 0. The van der Waals surface area contributed by atoms with Crippen LogP contribution in [-0.4, -0.2) is 0 Å². The van der Waals surface area contributed by atoms with Crippen LogP contribution in [0.1, 0.15) is 5.56 Å². The second-order valence-corrected chi connectivity index (χ2v) is 2.48. The Morgan fingerprint density at radius 3 is 3.00 bits per heavy atom. The number of hydrogen-bond donors (Lipinski definition) is 1. The molecule has 0 aliphatic rings. The zero-order valence-corrected chi connectivity index (χ0v) is 6.06. The van der Waals surface area contributed by atoms with Crippen molar-refractivity contribution in [1.82, 2.24) is 0 Å². The molecule has 1 aromatic heterocycles. The summed E-state index contributed by atoms with van der Waals surface area (Å²) in [7, 11) is 0. The number of nitriles is 1. The minimum Gasteiger partial charge on any atom is -0.404 e. The fourth-order valence-electron chi connectivity index (χ4n) is 0.616. The normalized spacial score (nSPS) is 10.9. The molecule has 2 N–H and O–H groups in total. The van der Waals surface area contributed by atoms with Crippen LogP contribution in [0.15, 0.2) is 23.0 Å². The first-order valence-electron chi connectivity index (χ1n) is 2.73. The molecule has 50 valence electrons. The third kappa shape index (κ3) is 1.17. The molecule has 0 unspecified atom stereocenters. The zero-order valence-electron chi connectivity index (χ0n) is 5.24. The van der Waals surface area contributed by atoms with Gasteiger partial charge >= 0.3 is 0 Å². The third-order valence-electron chi connectivity index (χ3n) is 1.12. The summed E-state index contributed by atoms with van der Waals surface area (Å²) in [6, 6.07) is 3.86. The lowest BCUT2D eigenvalue weighted by atomic mass is 10.2. The quantitative estimate of drug-likeness (QED) is 0.618. The van der Waals surface area contributed by atoms with E-state index in [1.165, 1.54) is 6.20 Å². The van der Waals surface area contributed by atoms with Crippen molar-refractivity contribution in [1.29, 1.82) is 5.26 Å². The number of nitrogens with zero attached hydrogens (tertiary/aromatic N) is 1. The molecule has 0 spiro atoms. The standard InChI is InChI=1S/C7H6N2S/c8-3-7(4-9)6-1-2-10-5-6/h1-3,5H,8H2/b7-3-. The molecule has 0 saturated heterocycles. The van der Waals surface area contributed by atoms with Gasteiger partial charge < -0.3 is 5.73 Å². The molecular formula is C7H6N2S. The van der Waals surface area contributed by atoms with E-state index in [-0.39, 0.29) is 0 Å². The van der Waals surface area contributed by atoms with Crippen molar-refractivity contribution in [2.75, 3.05) is 0 Å². The van der Waals surface area contributed by atoms with Crippen molar-refractivity contribution >= 4 is 16.9 Å². The molecule has 0 fully saturated rings. The molecule has 0 atom stereocenters. The van der Waals surface area contributed by atoms with E-state index >= 15 is 0 Å². The van der Waals surface area contributed by atoms with Crippen molar-refractivity contribution in [3.63, 3.8) is 0 Å². The van der Waals surface area contributed by atoms with Gasteiger partial charge in [-0.05, 0) is 16.8 Å². The molecule has 0 aliphatic heterocycles. The maximum absolute atomic E-state index is 8.50. The summed E-state index contributed by atoms with van der Waals surface area (Å²) >= 11 is 1.55. The van der Waals surface area contributed by atoms with Crippen LogP contribution in [0, 0.1) is 11.3 Å². The SMILES string of the molecule is N#C/C(=C/N)c1ccsc1. The van der Waals surface area contributed by atoms with Crippen LogP contribution >= 0.6 is 11.3 Å². The van der Waals surface area contributed by atoms with Crippen LogP contribution in [0.3, 0.4) is 0 Å². The lowest BCUT2D eigenvalue weighted by Crippen LogP contribution is -1.83.